The first-order valence-electron chi connectivity index (χ1n) is 16.5. The van der Waals surface area contributed by atoms with E-state index in [1.165, 1.54) is 19.9 Å². The molecule has 1 saturated heterocycles. The van der Waals surface area contributed by atoms with E-state index >= 15 is 0 Å². The second-order valence-electron chi connectivity index (χ2n) is 12.8. The first kappa shape index (κ1) is 36.1. The molecule has 3 aromatic carbocycles. The van der Waals surface area contributed by atoms with Crippen LogP contribution in [0.15, 0.2) is 78.5 Å². The molecule has 0 radical (unpaired) electrons. The number of ether oxygens (including phenoxy) is 1. The Kier molecular flexibility index (Phi) is 11.3. The van der Waals surface area contributed by atoms with Crippen LogP contribution >= 0.6 is 11.6 Å². The zero-order chi connectivity index (χ0) is 36.0. The molecule has 0 aromatic heterocycles. The Hall–Kier alpha value is -5.16. The molecule has 5 rings (SSSR count). The molecule has 1 aliphatic heterocycles. The van der Waals surface area contributed by atoms with E-state index < -0.39 is 23.6 Å². The Morgan fingerprint density at radius 3 is 2.16 bits per heavy atom. The maximum Gasteiger partial charge on any atom is 0.352 e. The lowest BCUT2D eigenvalue weighted by atomic mass is 9.81. The average molecular weight is 701 g/mol. The molecule has 2 aliphatic rings. The summed E-state index contributed by atoms with van der Waals surface area (Å²) in [5, 5.41) is 15.9. The van der Waals surface area contributed by atoms with Gasteiger partial charge in [-0.1, -0.05) is 60.8 Å². The summed E-state index contributed by atoms with van der Waals surface area (Å²) in [6, 6.07) is 20.2. The second kappa shape index (κ2) is 15.6. The van der Waals surface area contributed by atoms with Crippen LogP contribution in [0.3, 0.4) is 0 Å². The van der Waals surface area contributed by atoms with Gasteiger partial charge in [-0.05, 0) is 78.4 Å². The first-order chi connectivity index (χ1) is 23.9. The zero-order valence-corrected chi connectivity index (χ0v) is 29.0. The van der Waals surface area contributed by atoms with Crippen molar-refractivity contribution < 1.29 is 33.8 Å². The minimum atomic E-state index is -1.30. The predicted molar refractivity (Wildman–Crippen MR) is 189 cm³/mol. The molecule has 1 saturated carbocycles. The largest absolute Gasteiger partial charge is 0.497 e. The Bertz CT molecular complexity index is 1770. The quantitative estimate of drug-likeness (QED) is 0.212. The van der Waals surface area contributed by atoms with E-state index in [9.17, 15) is 29.1 Å². The molecule has 2 unspecified atom stereocenters. The molecule has 1 aliphatic carbocycles. The van der Waals surface area contributed by atoms with Crippen LogP contribution in [0.1, 0.15) is 68.8 Å². The third-order valence-corrected chi connectivity index (χ3v) is 9.72. The fraction of sp³-hybridized carbons (Fsp3) is 0.342. The molecule has 3 N–H and O–H groups in total. The summed E-state index contributed by atoms with van der Waals surface area (Å²) in [5.74, 6) is -1.75. The number of rotatable bonds is 12. The van der Waals surface area contributed by atoms with Gasteiger partial charge >= 0.3 is 5.97 Å². The fourth-order valence-corrected chi connectivity index (χ4v) is 7.02. The average Bonchev–Trinajstić information content (AvgIpc) is 3.68. The second-order valence-corrected chi connectivity index (χ2v) is 13.2. The van der Waals surface area contributed by atoms with Crippen LogP contribution in [0.25, 0.3) is 6.08 Å². The predicted octanol–water partition coefficient (Wildman–Crippen LogP) is 5.48. The van der Waals surface area contributed by atoms with Crippen molar-refractivity contribution in [1.82, 2.24) is 15.5 Å². The van der Waals surface area contributed by atoms with Crippen LogP contribution in [0.4, 0.5) is 5.69 Å². The number of nitrogens with zero attached hydrogens (tertiary/aromatic N) is 2. The Balaban J connectivity index is 1.44. The number of anilines is 1. The number of nitrogens with one attached hydrogen (secondary N) is 2. The fourth-order valence-electron chi connectivity index (χ4n) is 6.89. The highest BCUT2D eigenvalue weighted by Gasteiger charge is 2.48. The van der Waals surface area contributed by atoms with E-state index in [0.29, 0.717) is 53.4 Å². The van der Waals surface area contributed by atoms with Gasteiger partial charge < -0.3 is 25.4 Å². The van der Waals surface area contributed by atoms with E-state index in [4.69, 9.17) is 16.3 Å². The molecular weight excluding hydrogens is 660 g/mol. The van der Waals surface area contributed by atoms with Gasteiger partial charge in [-0.25, -0.2) is 4.79 Å². The number of aliphatic carboxylic acids is 1. The maximum absolute atomic E-state index is 14.3. The monoisotopic (exact) mass is 700 g/mol. The van der Waals surface area contributed by atoms with Gasteiger partial charge in [-0.2, -0.15) is 0 Å². The third kappa shape index (κ3) is 8.00. The molecule has 1 heterocycles. The number of hydrogen-bond donors (Lipinski definition) is 3. The van der Waals surface area contributed by atoms with Crippen LogP contribution in [0.5, 0.6) is 5.75 Å². The number of methoxy groups -OCH3 is 1. The van der Waals surface area contributed by atoms with E-state index in [1.807, 2.05) is 12.1 Å². The highest BCUT2D eigenvalue weighted by molar-refractivity contribution is 6.30. The summed E-state index contributed by atoms with van der Waals surface area (Å²) in [6.07, 6.45) is 4.19. The lowest BCUT2D eigenvalue weighted by Crippen LogP contribution is -2.42. The molecule has 50 heavy (non-hydrogen) atoms. The van der Waals surface area contributed by atoms with Gasteiger partial charge in [-0.3, -0.25) is 24.1 Å². The molecule has 0 bridgehead atoms. The van der Waals surface area contributed by atoms with E-state index in [0.717, 1.165) is 18.4 Å². The number of halogens is 1. The number of carbonyl (C=O) groups excluding carboxylic acids is 4. The molecular formula is C38H41ClN4O7. The van der Waals surface area contributed by atoms with Gasteiger partial charge in [0.2, 0.25) is 17.7 Å². The highest BCUT2D eigenvalue weighted by atomic mass is 35.5. The number of carbonyl (C=O) groups is 5. The van der Waals surface area contributed by atoms with Crippen LogP contribution in [0.2, 0.25) is 5.02 Å². The summed E-state index contributed by atoms with van der Waals surface area (Å²) in [5.41, 5.74) is 1.47. The van der Waals surface area contributed by atoms with Crippen molar-refractivity contribution in [1.29, 1.82) is 0 Å². The third-order valence-electron chi connectivity index (χ3n) is 9.47. The van der Waals surface area contributed by atoms with Gasteiger partial charge in [0.15, 0.2) is 0 Å². The smallest absolute Gasteiger partial charge is 0.352 e. The SMILES string of the molecule is COc1ccc(CC2C(=O)N(c3ccc(C=C(NC(=O)C4(CCNC(C)=O)CCCC4)C(=O)O)cc3)C(c3ccc(Cl)cc3)N2C(C)=O)cc1. The topological polar surface area (TPSA) is 145 Å². The van der Waals surface area contributed by atoms with Crippen molar-refractivity contribution in [2.45, 2.75) is 64.6 Å². The Morgan fingerprint density at radius 2 is 1.60 bits per heavy atom. The van der Waals surface area contributed by atoms with Crippen molar-refractivity contribution >= 4 is 53.0 Å². The molecule has 0 spiro atoms. The van der Waals surface area contributed by atoms with Crippen LogP contribution in [-0.2, 0) is 30.4 Å². The Morgan fingerprint density at radius 1 is 0.960 bits per heavy atom. The van der Waals surface area contributed by atoms with Crippen molar-refractivity contribution in [3.8, 4) is 5.75 Å². The first-order valence-corrected chi connectivity index (χ1v) is 16.9. The molecule has 2 fully saturated rings. The highest BCUT2D eigenvalue weighted by Crippen LogP contribution is 2.42. The molecule has 12 heteroatoms. The standard InChI is InChI=1S/C38H41ClN4O7/c1-24(44)40-21-20-38(18-4-5-19-38)37(49)41-32(36(47)48)22-26-6-14-30(15-7-26)43-34(28-10-12-29(39)13-11-28)42(25(2)45)33(35(43)46)23-27-8-16-31(50-3)17-9-27/h6-17,22,33-34H,4-5,18-21,23H2,1-3H3,(H,40,44)(H,41,49)(H,47,48). The van der Waals surface area contributed by atoms with Crippen molar-refractivity contribution in [2.75, 3.05) is 18.6 Å². The summed E-state index contributed by atoms with van der Waals surface area (Å²) in [4.78, 5) is 67.8. The number of carboxylic acid groups (broad SMARTS) is 1. The number of hydrogen-bond acceptors (Lipinski definition) is 6. The van der Waals surface area contributed by atoms with Gasteiger partial charge in [0.25, 0.3) is 5.91 Å². The molecule has 3 aromatic rings. The maximum atomic E-state index is 14.3. The van der Waals surface area contributed by atoms with Crippen LogP contribution < -0.4 is 20.3 Å². The minimum absolute atomic E-state index is 0.190. The number of amides is 4. The van der Waals surface area contributed by atoms with E-state index in [-0.39, 0.29) is 35.7 Å². The lowest BCUT2D eigenvalue weighted by Gasteiger charge is -2.31. The van der Waals surface area contributed by atoms with Crippen molar-refractivity contribution in [2.24, 2.45) is 5.41 Å². The van der Waals surface area contributed by atoms with E-state index in [2.05, 4.69) is 10.6 Å². The minimum Gasteiger partial charge on any atom is -0.497 e. The van der Waals surface area contributed by atoms with E-state index in [1.54, 1.807) is 77.6 Å². The molecule has 2 atom stereocenters. The van der Waals surface area contributed by atoms with Gasteiger partial charge in [0.1, 0.15) is 23.7 Å². The normalized spacial score (nSPS) is 18.6. The van der Waals surface area contributed by atoms with Crippen LogP contribution in [-0.4, -0.2) is 59.3 Å². The molecule has 11 nitrogen and oxygen atoms in total. The van der Waals surface area contributed by atoms with Crippen molar-refractivity contribution in [3.05, 3.63) is 100 Å². The van der Waals surface area contributed by atoms with Gasteiger partial charge in [0.05, 0.1) is 12.5 Å². The van der Waals surface area contributed by atoms with Gasteiger partial charge in [0, 0.05) is 37.5 Å². The summed E-state index contributed by atoms with van der Waals surface area (Å²) in [7, 11) is 1.57. The lowest BCUT2D eigenvalue weighted by molar-refractivity contribution is -0.137. The van der Waals surface area contributed by atoms with Gasteiger partial charge in [-0.15, -0.1) is 0 Å². The van der Waals surface area contributed by atoms with Crippen molar-refractivity contribution in [3.63, 3.8) is 0 Å². The van der Waals surface area contributed by atoms with Crippen LogP contribution in [0, 0.1) is 5.41 Å². The summed E-state index contributed by atoms with van der Waals surface area (Å²) < 4.78 is 5.27. The Labute approximate surface area is 296 Å². The summed E-state index contributed by atoms with van der Waals surface area (Å²) >= 11 is 6.19. The molecule has 4 amide bonds. The number of carboxylic acids is 1. The number of benzene rings is 3. The summed E-state index contributed by atoms with van der Waals surface area (Å²) in [6.45, 7) is 3.17. The zero-order valence-electron chi connectivity index (χ0n) is 28.3. The molecule has 262 valence electrons.